The molecule has 1 aromatic carbocycles. The monoisotopic (exact) mass is 276 g/mol. The maximum absolute atomic E-state index is 12.0. The highest BCUT2D eigenvalue weighted by atomic mass is 16.2. The number of rotatable bonds is 8. The number of nitrogens with one attached hydrogen (secondary N) is 2. The van der Waals surface area contributed by atoms with E-state index in [4.69, 9.17) is 0 Å². The van der Waals surface area contributed by atoms with Crippen LogP contribution in [-0.4, -0.2) is 18.0 Å². The van der Waals surface area contributed by atoms with Gasteiger partial charge >= 0.3 is 0 Å². The highest BCUT2D eigenvalue weighted by molar-refractivity contribution is 5.81. The van der Waals surface area contributed by atoms with Crippen molar-refractivity contribution in [2.75, 3.05) is 0 Å². The molecule has 112 valence electrons. The van der Waals surface area contributed by atoms with E-state index in [0.717, 1.165) is 25.8 Å². The first-order valence-electron chi connectivity index (χ1n) is 7.69. The van der Waals surface area contributed by atoms with Crippen molar-refractivity contribution >= 4 is 5.91 Å². The SMILES string of the molecule is CCCC(C)NC(=O)C(C)NCc1ccccc1CC. The summed E-state index contributed by atoms with van der Waals surface area (Å²) >= 11 is 0. The van der Waals surface area contributed by atoms with Gasteiger partial charge in [0.1, 0.15) is 0 Å². The van der Waals surface area contributed by atoms with Gasteiger partial charge in [-0.25, -0.2) is 0 Å². The predicted octanol–water partition coefficient (Wildman–Crippen LogP) is 3.03. The lowest BCUT2D eigenvalue weighted by Crippen LogP contribution is -2.45. The molecule has 0 saturated carbocycles. The van der Waals surface area contributed by atoms with Crippen molar-refractivity contribution in [2.24, 2.45) is 0 Å². The van der Waals surface area contributed by atoms with Gasteiger partial charge in [0.05, 0.1) is 6.04 Å². The van der Waals surface area contributed by atoms with Crippen molar-refractivity contribution in [2.45, 2.75) is 65.6 Å². The predicted molar refractivity (Wildman–Crippen MR) is 84.6 cm³/mol. The normalized spacial score (nSPS) is 13.8. The van der Waals surface area contributed by atoms with Crippen LogP contribution in [0.3, 0.4) is 0 Å². The molecule has 1 aromatic rings. The summed E-state index contributed by atoms with van der Waals surface area (Å²) in [7, 11) is 0. The van der Waals surface area contributed by atoms with E-state index >= 15 is 0 Å². The highest BCUT2D eigenvalue weighted by Crippen LogP contribution is 2.09. The van der Waals surface area contributed by atoms with Gasteiger partial charge in [0.15, 0.2) is 0 Å². The van der Waals surface area contributed by atoms with Gasteiger partial charge in [-0.1, -0.05) is 44.5 Å². The minimum absolute atomic E-state index is 0.0833. The maximum atomic E-state index is 12.0. The van der Waals surface area contributed by atoms with Gasteiger partial charge in [0.2, 0.25) is 5.91 Å². The molecule has 3 heteroatoms. The molecule has 0 aromatic heterocycles. The van der Waals surface area contributed by atoms with E-state index in [0.29, 0.717) is 0 Å². The Morgan fingerprint density at radius 1 is 1.15 bits per heavy atom. The lowest BCUT2D eigenvalue weighted by Gasteiger charge is -2.18. The van der Waals surface area contributed by atoms with E-state index in [-0.39, 0.29) is 18.0 Å². The molecule has 1 rings (SSSR count). The van der Waals surface area contributed by atoms with E-state index in [1.54, 1.807) is 0 Å². The van der Waals surface area contributed by atoms with Crippen molar-refractivity contribution in [3.63, 3.8) is 0 Å². The van der Waals surface area contributed by atoms with Crippen LogP contribution in [0.1, 0.15) is 51.7 Å². The van der Waals surface area contributed by atoms with Gasteiger partial charge < -0.3 is 10.6 Å². The van der Waals surface area contributed by atoms with Crippen molar-refractivity contribution in [3.05, 3.63) is 35.4 Å². The Morgan fingerprint density at radius 3 is 2.40 bits per heavy atom. The van der Waals surface area contributed by atoms with Crippen LogP contribution in [0, 0.1) is 0 Å². The molecular formula is C17H28N2O. The number of aryl methyl sites for hydroxylation is 1. The molecule has 0 heterocycles. The molecule has 0 aliphatic heterocycles. The summed E-state index contributed by atoms with van der Waals surface area (Å²) in [6, 6.07) is 8.45. The van der Waals surface area contributed by atoms with Gasteiger partial charge in [-0.05, 0) is 37.8 Å². The standard InChI is InChI=1S/C17H28N2O/c1-5-9-13(3)19-17(20)14(4)18-12-16-11-8-7-10-15(16)6-2/h7-8,10-11,13-14,18H,5-6,9,12H2,1-4H3,(H,19,20). The molecule has 0 radical (unpaired) electrons. The summed E-state index contributed by atoms with van der Waals surface area (Å²) in [6.07, 6.45) is 3.14. The van der Waals surface area contributed by atoms with Crippen LogP contribution >= 0.6 is 0 Å². The van der Waals surface area contributed by atoms with Crippen molar-refractivity contribution in [3.8, 4) is 0 Å². The first-order chi connectivity index (χ1) is 9.58. The Kier molecular flexibility index (Phi) is 7.31. The molecule has 2 unspecified atom stereocenters. The summed E-state index contributed by atoms with van der Waals surface area (Å²) in [4.78, 5) is 12.0. The zero-order chi connectivity index (χ0) is 15.0. The number of amides is 1. The second-order valence-electron chi connectivity index (χ2n) is 5.42. The number of carbonyl (C=O) groups is 1. The van der Waals surface area contributed by atoms with Crippen LogP contribution < -0.4 is 10.6 Å². The second kappa shape index (κ2) is 8.75. The molecular weight excluding hydrogens is 248 g/mol. The Morgan fingerprint density at radius 2 is 1.80 bits per heavy atom. The number of carbonyl (C=O) groups excluding carboxylic acids is 1. The average Bonchev–Trinajstić information content (AvgIpc) is 2.45. The lowest BCUT2D eigenvalue weighted by atomic mass is 10.1. The molecule has 0 fully saturated rings. The quantitative estimate of drug-likeness (QED) is 0.766. The van der Waals surface area contributed by atoms with Crippen LogP contribution in [-0.2, 0) is 17.8 Å². The minimum atomic E-state index is -0.167. The molecule has 3 nitrogen and oxygen atoms in total. The number of benzene rings is 1. The topological polar surface area (TPSA) is 41.1 Å². The number of hydrogen-bond acceptors (Lipinski definition) is 2. The van der Waals surface area contributed by atoms with Crippen molar-refractivity contribution < 1.29 is 4.79 Å². The largest absolute Gasteiger partial charge is 0.352 e. The fourth-order valence-electron chi connectivity index (χ4n) is 2.30. The average molecular weight is 276 g/mol. The van der Waals surface area contributed by atoms with E-state index in [1.165, 1.54) is 11.1 Å². The van der Waals surface area contributed by atoms with Gasteiger partial charge in [-0.2, -0.15) is 0 Å². The first kappa shape index (κ1) is 16.7. The van der Waals surface area contributed by atoms with Crippen LogP contribution in [0.4, 0.5) is 0 Å². The molecule has 0 aliphatic rings. The van der Waals surface area contributed by atoms with Crippen LogP contribution in [0.15, 0.2) is 24.3 Å². The lowest BCUT2D eigenvalue weighted by molar-refractivity contribution is -0.123. The van der Waals surface area contributed by atoms with Gasteiger partial charge in [-0.3, -0.25) is 4.79 Å². The summed E-state index contributed by atoms with van der Waals surface area (Å²) in [5, 5.41) is 6.35. The smallest absolute Gasteiger partial charge is 0.237 e. The van der Waals surface area contributed by atoms with Crippen LogP contribution in [0.25, 0.3) is 0 Å². The fourth-order valence-corrected chi connectivity index (χ4v) is 2.30. The minimum Gasteiger partial charge on any atom is -0.352 e. The second-order valence-corrected chi connectivity index (χ2v) is 5.42. The molecule has 1 amide bonds. The van der Waals surface area contributed by atoms with Gasteiger partial charge in [0.25, 0.3) is 0 Å². The van der Waals surface area contributed by atoms with E-state index in [9.17, 15) is 4.79 Å². The third-order valence-electron chi connectivity index (χ3n) is 3.60. The number of hydrogen-bond donors (Lipinski definition) is 2. The summed E-state index contributed by atoms with van der Waals surface area (Å²) in [6.45, 7) is 9.00. The zero-order valence-electron chi connectivity index (χ0n) is 13.2. The van der Waals surface area contributed by atoms with Crippen LogP contribution in [0.5, 0.6) is 0 Å². The molecule has 2 atom stereocenters. The van der Waals surface area contributed by atoms with Crippen LogP contribution in [0.2, 0.25) is 0 Å². The Labute approximate surface area is 123 Å². The Hall–Kier alpha value is -1.35. The summed E-state index contributed by atoms with van der Waals surface area (Å²) in [5.74, 6) is 0.0833. The van der Waals surface area contributed by atoms with E-state index < -0.39 is 0 Å². The molecule has 0 aliphatic carbocycles. The van der Waals surface area contributed by atoms with Crippen molar-refractivity contribution in [1.29, 1.82) is 0 Å². The molecule has 2 N–H and O–H groups in total. The maximum Gasteiger partial charge on any atom is 0.237 e. The summed E-state index contributed by atoms with van der Waals surface area (Å²) in [5.41, 5.74) is 2.61. The van der Waals surface area contributed by atoms with Crippen molar-refractivity contribution in [1.82, 2.24) is 10.6 Å². The fraction of sp³-hybridized carbons (Fsp3) is 0.588. The Bertz CT molecular complexity index is 417. The summed E-state index contributed by atoms with van der Waals surface area (Å²) < 4.78 is 0. The van der Waals surface area contributed by atoms with Gasteiger partial charge in [0, 0.05) is 12.6 Å². The molecule has 20 heavy (non-hydrogen) atoms. The zero-order valence-corrected chi connectivity index (χ0v) is 13.2. The third kappa shape index (κ3) is 5.33. The van der Waals surface area contributed by atoms with E-state index in [1.807, 2.05) is 13.0 Å². The molecule has 0 spiro atoms. The van der Waals surface area contributed by atoms with E-state index in [2.05, 4.69) is 49.6 Å². The molecule has 0 saturated heterocycles. The third-order valence-corrected chi connectivity index (χ3v) is 3.60. The van der Waals surface area contributed by atoms with Gasteiger partial charge in [-0.15, -0.1) is 0 Å². The Balaban J connectivity index is 2.46. The first-order valence-corrected chi connectivity index (χ1v) is 7.69. The highest BCUT2D eigenvalue weighted by Gasteiger charge is 2.14. The molecule has 0 bridgehead atoms.